The van der Waals surface area contributed by atoms with E-state index in [0.29, 0.717) is 0 Å². The van der Waals surface area contributed by atoms with Gasteiger partial charge in [0.1, 0.15) is 10.6 Å². The number of rotatable bonds is 9. The largest absolute Gasteiger partial charge is 0.369 e. The van der Waals surface area contributed by atoms with Gasteiger partial charge >= 0.3 is 0 Å². The van der Waals surface area contributed by atoms with Gasteiger partial charge in [0.25, 0.3) is 0 Å². The molecular formula is C26H31N5S2. The van der Waals surface area contributed by atoms with E-state index in [9.17, 15) is 0 Å². The summed E-state index contributed by atoms with van der Waals surface area (Å²) in [6.45, 7) is 8.66. The molecule has 0 saturated heterocycles. The van der Waals surface area contributed by atoms with Crippen LogP contribution < -0.4 is 5.32 Å². The zero-order chi connectivity index (χ0) is 22.8. The van der Waals surface area contributed by atoms with Crippen molar-refractivity contribution in [1.82, 2.24) is 19.9 Å². The summed E-state index contributed by atoms with van der Waals surface area (Å²) in [5.74, 6) is 0.958. The van der Waals surface area contributed by atoms with Crippen molar-refractivity contribution in [3.05, 3.63) is 41.5 Å². The van der Waals surface area contributed by atoms with Crippen molar-refractivity contribution >= 4 is 49.3 Å². The van der Waals surface area contributed by atoms with Crippen molar-refractivity contribution in [2.45, 2.75) is 44.7 Å². The molecule has 0 aliphatic heterocycles. The molecule has 0 unspecified atom stereocenters. The number of hydrogen-bond acceptors (Lipinski definition) is 7. The van der Waals surface area contributed by atoms with Crippen molar-refractivity contribution < 1.29 is 0 Å². The number of anilines is 1. The fourth-order valence-electron chi connectivity index (χ4n) is 4.84. The fourth-order valence-corrected chi connectivity index (χ4v) is 6.32. The molecule has 3 aromatic heterocycles. The van der Waals surface area contributed by atoms with E-state index >= 15 is 0 Å². The summed E-state index contributed by atoms with van der Waals surface area (Å²) in [7, 11) is 0. The fraction of sp³-hybridized carbons (Fsp3) is 0.423. The normalized spacial score (nSPS) is 13.3. The maximum Gasteiger partial charge on any atom is 0.189 e. The van der Waals surface area contributed by atoms with Crippen molar-refractivity contribution in [2.24, 2.45) is 0 Å². The van der Waals surface area contributed by atoms with Crippen molar-refractivity contribution in [2.75, 3.05) is 37.8 Å². The number of hydrogen-bond donors (Lipinski definition) is 1. The Bertz CT molecular complexity index is 1260. The highest BCUT2D eigenvalue weighted by molar-refractivity contribution is 7.98. The average Bonchev–Trinajstić information content (AvgIpc) is 3.48. The third-order valence-corrected chi connectivity index (χ3v) is 8.21. The van der Waals surface area contributed by atoms with Gasteiger partial charge in [0.15, 0.2) is 5.16 Å². The SMILES string of the molecule is CCN(CC)CCCNc1nc(SC)nc2c1sc1nc(-c3ccccc3)c3c(c12)CCC3. The molecule has 0 atom stereocenters. The van der Waals surface area contributed by atoms with Gasteiger partial charge in [-0.2, -0.15) is 0 Å². The number of fused-ring (bicyclic) bond motifs is 5. The Hall–Kier alpha value is -2.22. The first-order valence-corrected chi connectivity index (χ1v) is 14.0. The molecule has 4 aromatic rings. The van der Waals surface area contributed by atoms with Crippen LogP contribution in [0.2, 0.25) is 0 Å². The Morgan fingerprint density at radius 2 is 1.82 bits per heavy atom. The molecule has 0 amide bonds. The van der Waals surface area contributed by atoms with Crippen LogP contribution in [0, 0.1) is 0 Å². The molecule has 5 nitrogen and oxygen atoms in total. The van der Waals surface area contributed by atoms with Gasteiger partial charge in [-0.1, -0.05) is 55.9 Å². The lowest BCUT2D eigenvalue weighted by atomic mass is 10.0. The van der Waals surface area contributed by atoms with Gasteiger partial charge in [0, 0.05) is 17.5 Å². The van der Waals surface area contributed by atoms with Gasteiger partial charge < -0.3 is 10.2 Å². The average molecular weight is 478 g/mol. The number of aryl methyl sites for hydroxylation is 1. The minimum atomic E-state index is 0.826. The maximum absolute atomic E-state index is 5.20. The van der Waals surface area contributed by atoms with Crippen LogP contribution >= 0.6 is 23.1 Å². The van der Waals surface area contributed by atoms with E-state index in [1.165, 1.54) is 28.5 Å². The molecule has 33 heavy (non-hydrogen) atoms. The van der Waals surface area contributed by atoms with Crippen molar-refractivity contribution in [1.29, 1.82) is 0 Å². The molecule has 7 heteroatoms. The number of benzene rings is 1. The quantitative estimate of drug-likeness (QED) is 0.174. The van der Waals surface area contributed by atoms with E-state index in [0.717, 1.165) is 77.2 Å². The molecule has 1 aliphatic rings. The number of thiophene rings is 1. The van der Waals surface area contributed by atoms with Crippen LogP contribution in [0.15, 0.2) is 35.5 Å². The topological polar surface area (TPSA) is 53.9 Å². The minimum Gasteiger partial charge on any atom is -0.369 e. The number of aromatic nitrogens is 3. The monoisotopic (exact) mass is 477 g/mol. The van der Waals surface area contributed by atoms with Gasteiger partial charge in [0.2, 0.25) is 0 Å². The van der Waals surface area contributed by atoms with Gasteiger partial charge in [-0.05, 0) is 62.7 Å². The Kier molecular flexibility index (Phi) is 6.81. The zero-order valence-electron chi connectivity index (χ0n) is 19.6. The third kappa shape index (κ3) is 4.34. The molecular weight excluding hydrogens is 446 g/mol. The summed E-state index contributed by atoms with van der Waals surface area (Å²) < 4.78 is 1.14. The first-order chi connectivity index (χ1) is 16.2. The van der Waals surface area contributed by atoms with Crippen LogP contribution in [0.4, 0.5) is 5.82 Å². The first-order valence-electron chi connectivity index (χ1n) is 11.9. The van der Waals surface area contributed by atoms with Gasteiger partial charge in [-0.3, -0.25) is 0 Å². The highest BCUT2D eigenvalue weighted by Crippen LogP contribution is 2.43. The van der Waals surface area contributed by atoms with Crippen molar-refractivity contribution in [3.8, 4) is 11.3 Å². The molecule has 0 bridgehead atoms. The molecule has 1 N–H and O–H groups in total. The molecule has 1 aliphatic carbocycles. The summed E-state index contributed by atoms with van der Waals surface area (Å²) in [4.78, 5) is 18.6. The van der Waals surface area contributed by atoms with Crippen LogP contribution in [-0.4, -0.2) is 52.3 Å². The zero-order valence-corrected chi connectivity index (χ0v) is 21.3. The van der Waals surface area contributed by atoms with Crippen LogP contribution in [0.1, 0.15) is 37.8 Å². The van der Waals surface area contributed by atoms with E-state index in [4.69, 9.17) is 15.0 Å². The van der Waals surface area contributed by atoms with Crippen LogP contribution in [0.3, 0.4) is 0 Å². The van der Waals surface area contributed by atoms with Gasteiger partial charge in [-0.25, -0.2) is 15.0 Å². The number of thioether (sulfide) groups is 1. The number of nitrogens with one attached hydrogen (secondary N) is 1. The molecule has 0 fully saturated rings. The van der Waals surface area contributed by atoms with Crippen LogP contribution in [0.5, 0.6) is 0 Å². The molecule has 1 aromatic carbocycles. The number of pyridine rings is 1. The predicted molar refractivity (Wildman–Crippen MR) is 143 cm³/mol. The lowest BCUT2D eigenvalue weighted by Crippen LogP contribution is -2.25. The number of nitrogens with zero attached hydrogens (tertiary/aromatic N) is 4. The summed E-state index contributed by atoms with van der Waals surface area (Å²) in [5, 5.41) is 5.71. The lowest BCUT2D eigenvalue weighted by molar-refractivity contribution is 0.303. The molecule has 5 rings (SSSR count). The van der Waals surface area contributed by atoms with E-state index in [1.54, 1.807) is 23.1 Å². The highest BCUT2D eigenvalue weighted by atomic mass is 32.2. The van der Waals surface area contributed by atoms with E-state index < -0.39 is 0 Å². The van der Waals surface area contributed by atoms with E-state index in [2.05, 4.69) is 60.7 Å². The Balaban J connectivity index is 1.58. The molecule has 172 valence electrons. The lowest BCUT2D eigenvalue weighted by Gasteiger charge is -2.17. The minimum absolute atomic E-state index is 0.826. The predicted octanol–water partition coefficient (Wildman–Crippen LogP) is 6.26. The standard InChI is InChI=1S/C26H31N5S2/c1-4-31(5-2)16-10-15-27-24-23-22(29-26(30-24)32-3)20-18-13-9-14-19(18)21(28-25(20)33-23)17-11-7-6-8-12-17/h6-8,11-12H,4-5,9-10,13-16H2,1-3H3,(H,27,29,30). The van der Waals surface area contributed by atoms with Crippen LogP contribution in [0.25, 0.3) is 31.7 Å². The molecule has 0 spiro atoms. The third-order valence-electron chi connectivity index (χ3n) is 6.58. The van der Waals surface area contributed by atoms with Gasteiger partial charge in [-0.15, -0.1) is 11.3 Å². The highest BCUT2D eigenvalue weighted by Gasteiger charge is 2.25. The smallest absolute Gasteiger partial charge is 0.189 e. The Labute approximate surface area is 204 Å². The van der Waals surface area contributed by atoms with E-state index in [-0.39, 0.29) is 0 Å². The van der Waals surface area contributed by atoms with Gasteiger partial charge in [0.05, 0.1) is 15.9 Å². The Morgan fingerprint density at radius 1 is 1.03 bits per heavy atom. The molecule has 3 heterocycles. The van der Waals surface area contributed by atoms with Crippen molar-refractivity contribution in [3.63, 3.8) is 0 Å². The van der Waals surface area contributed by atoms with Crippen LogP contribution in [-0.2, 0) is 12.8 Å². The second kappa shape index (κ2) is 9.95. The second-order valence-corrected chi connectivity index (χ2v) is 10.2. The summed E-state index contributed by atoms with van der Waals surface area (Å²) >= 11 is 3.35. The second-order valence-electron chi connectivity index (χ2n) is 8.46. The van der Waals surface area contributed by atoms with E-state index in [1.807, 2.05) is 0 Å². The first kappa shape index (κ1) is 22.6. The summed E-state index contributed by atoms with van der Waals surface area (Å²) in [6.07, 6.45) is 6.53. The maximum atomic E-state index is 5.20. The Morgan fingerprint density at radius 3 is 2.58 bits per heavy atom. The molecule has 0 saturated carbocycles. The summed E-state index contributed by atoms with van der Waals surface area (Å²) in [6, 6.07) is 10.6. The summed E-state index contributed by atoms with van der Waals surface area (Å²) in [5.41, 5.74) is 6.29. The molecule has 0 radical (unpaired) electrons.